The van der Waals surface area contributed by atoms with E-state index in [1.54, 1.807) is 9.80 Å². The number of nitrogens with zero attached hydrogens (tertiary/aromatic N) is 2. The number of amides is 4. The summed E-state index contributed by atoms with van der Waals surface area (Å²) in [7, 11) is 0. The van der Waals surface area contributed by atoms with Crippen LogP contribution in [-0.2, 0) is 19.1 Å². The van der Waals surface area contributed by atoms with Crippen LogP contribution in [0.4, 0.5) is 19.6 Å². The molecule has 2 saturated heterocycles. The molecule has 0 radical (unpaired) electrons. The number of carbonyl (C=O) groups excluding carboxylic acids is 4. The summed E-state index contributed by atoms with van der Waals surface area (Å²) in [6.45, 7) is 4.12. The maximum absolute atomic E-state index is 12.2. The first-order valence-electron chi connectivity index (χ1n) is 9.95. The van der Waals surface area contributed by atoms with Gasteiger partial charge in [-0.05, 0) is 24.3 Å². The zero-order valence-corrected chi connectivity index (χ0v) is 19.1. The van der Waals surface area contributed by atoms with E-state index in [2.05, 4.69) is 10.6 Å². The second kappa shape index (κ2) is 9.17. The minimum Gasteiger partial charge on any atom is -0.442 e. The van der Waals surface area contributed by atoms with Gasteiger partial charge in [-0.3, -0.25) is 19.4 Å². The molecule has 4 heterocycles. The predicted molar refractivity (Wildman–Crippen MR) is 120 cm³/mol. The Bertz CT molecular complexity index is 968. The van der Waals surface area contributed by atoms with Crippen molar-refractivity contribution in [1.29, 1.82) is 0 Å². The van der Waals surface area contributed by atoms with E-state index in [1.165, 1.54) is 36.5 Å². The van der Waals surface area contributed by atoms with Crippen LogP contribution in [0, 0.1) is 0 Å². The maximum atomic E-state index is 12.2. The Morgan fingerprint density at radius 1 is 0.844 bits per heavy atom. The van der Waals surface area contributed by atoms with Crippen LogP contribution in [-0.4, -0.2) is 62.4 Å². The van der Waals surface area contributed by atoms with E-state index in [4.69, 9.17) is 9.47 Å². The lowest BCUT2D eigenvalue weighted by Gasteiger charge is -2.10. The van der Waals surface area contributed by atoms with Crippen LogP contribution in [0.2, 0.25) is 0 Å². The monoisotopic (exact) mass is 478 g/mol. The third-order valence-corrected chi connectivity index (χ3v) is 7.28. The summed E-state index contributed by atoms with van der Waals surface area (Å²) in [5.74, 6) is -0.343. The molecule has 0 aliphatic carbocycles. The van der Waals surface area contributed by atoms with Gasteiger partial charge in [0.05, 0.1) is 26.2 Å². The number of thiophene rings is 2. The molecular formula is C20H22N4O6S2. The van der Waals surface area contributed by atoms with Crippen LogP contribution >= 0.6 is 22.7 Å². The molecule has 4 amide bonds. The molecule has 12 heteroatoms. The molecule has 2 aliphatic rings. The van der Waals surface area contributed by atoms with Crippen LogP contribution in [0.25, 0.3) is 9.75 Å². The number of rotatable bonds is 7. The fourth-order valence-electron chi connectivity index (χ4n) is 3.34. The van der Waals surface area contributed by atoms with Crippen molar-refractivity contribution in [3.63, 3.8) is 0 Å². The highest BCUT2D eigenvalue weighted by Gasteiger charge is 2.34. The zero-order chi connectivity index (χ0) is 22.8. The third kappa shape index (κ3) is 4.86. The average molecular weight is 479 g/mol. The van der Waals surface area contributed by atoms with Crippen LogP contribution in [0.3, 0.4) is 0 Å². The first-order valence-corrected chi connectivity index (χ1v) is 11.6. The van der Waals surface area contributed by atoms with Gasteiger partial charge >= 0.3 is 12.2 Å². The molecule has 2 N–H and O–H groups in total. The lowest BCUT2D eigenvalue weighted by atomic mass is 10.3. The van der Waals surface area contributed by atoms with Crippen LogP contribution in [0.1, 0.15) is 13.8 Å². The van der Waals surface area contributed by atoms with E-state index in [-0.39, 0.29) is 24.9 Å². The van der Waals surface area contributed by atoms with Crippen molar-refractivity contribution in [3.8, 4) is 9.75 Å². The molecule has 1 unspecified atom stereocenters. The molecule has 4 rings (SSSR count). The molecule has 32 heavy (non-hydrogen) atoms. The Hall–Kier alpha value is -3.12. The second-order valence-corrected chi connectivity index (χ2v) is 9.51. The summed E-state index contributed by atoms with van der Waals surface area (Å²) in [4.78, 5) is 51.6. The van der Waals surface area contributed by atoms with Crippen LogP contribution in [0.15, 0.2) is 24.3 Å². The number of anilines is 2. The number of hydrogen-bond donors (Lipinski definition) is 2. The van der Waals surface area contributed by atoms with Crippen molar-refractivity contribution >= 4 is 56.7 Å². The Balaban J connectivity index is 1.40. The summed E-state index contributed by atoms with van der Waals surface area (Å²) < 4.78 is 10.6. The molecule has 0 bridgehead atoms. The zero-order valence-electron chi connectivity index (χ0n) is 17.5. The van der Waals surface area contributed by atoms with Crippen LogP contribution < -0.4 is 20.4 Å². The summed E-state index contributed by atoms with van der Waals surface area (Å²) in [5.41, 5.74) is 0. The van der Waals surface area contributed by atoms with Gasteiger partial charge in [0.15, 0.2) is 0 Å². The first kappa shape index (κ1) is 22.1. The molecule has 0 aromatic carbocycles. The summed E-state index contributed by atoms with van der Waals surface area (Å²) >= 11 is 2.90. The molecule has 2 atom stereocenters. The Labute approximate surface area is 192 Å². The van der Waals surface area contributed by atoms with Gasteiger partial charge in [-0.2, -0.15) is 0 Å². The highest BCUT2D eigenvalue weighted by molar-refractivity contribution is 7.26. The quantitative estimate of drug-likeness (QED) is 0.631. The van der Waals surface area contributed by atoms with E-state index in [0.717, 1.165) is 19.8 Å². The molecule has 0 spiro atoms. The standard InChI is InChI=1S/C20H22N4O6S2/c1-11(25)21-7-13-9-23(19(27)29-13)17-5-3-15(31-17)16-4-6-18(32-16)24-10-14(30-20(24)28)8-22-12(2)26/h3-6,13-14H,7-10H2,1-2H3,(H,21,25)(H,22,26)/t13-,14?/m0/s1. The van der Waals surface area contributed by atoms with Crippen molar-refractivity contribution in [2.75, 3.05) is 36.0 Å². The Morgan fingerprint density at radius 2 is 1.25 bits per heavy atom. The van der Waals surface area contributed by atoms with Gasteiger partial charge in [0.1, 0.15) is 22.2 Å². The molecule has 170 valence electrons. The summed E-state index contributed by atoms with van der Waals surface area (Å²) in [6, 6.07) is 7.56. The number of cyclic esters (lactones) is 2. The minimum atomic E-state index is -0.439. The molecule has 2 aromatic heterocycles. The summed E-state index contributed by atoms with van der Waals surface area (Å²) in [5, 5.41) is 6.82. The van der Waals surface area contributed by atoms with E-state index in [0.29, 0.717) is 13.1 Å². The fraction of sp³-hybridized carbons (Fsp3) is 0.400. The molecule has 2 fully saturated rings. The van der Waals surface area contributed by atoms with Gasteiger partial charge in [0.2, 0.25) is 11.8 Å². The SMILES string of the molecule is CC(=O)NCC1CN(c2ccc(-c3ccc(N4C[C@H](CNC(C)=O)OC4=O)s3)s2)C(=O)O1. The Kier molecular flexibility index (Phi) is 6.33. The van der Waals surface area contributed by atoms with Gasteiger partial charge in [-0.15, -0.1) is 22.7 Å². The number of ether oxygens (including phenoxy) is 2. The van der Waals surface area contributed by atoms with Crippen molar-refractivity contribution in [2.24, 2.45) is 0 Å². The van der Waals surface area contributed by atoms with Crippen LogP contribution in [0.5, 0.6) is 0 Å². The van der Waals surface area contributed by atoms with Crippen molar-refractivity contribution in [3.05, 3.63) is 24.3 Å². The molecule has 10 nitrogen and oxygen atoms in total. The lowest BCUT2D eigenvalue weighted by Crippen LogP contribution is -2.33. The van der Waals surface area contributed by atoms with Gasteiger partial charge in [0.25, 0.3) is 0 Å². The third-order valence-electron chi connectivity index (χ3n) is 4.86. The van der Waals surface area contributed by atoms with E-state index in [1.807, 2.05) is 24.3 Å². The van der Waals surface area contributed by atoms with E-state index >= 15 is 0 Å². The Morgan fingerprint density at radius 3 is 1.62 bits per heavy atom. The number of carbonyl (C=O) groups is 4. The summed E-state index contributed by atoms with van der Waals surface area (Å²) in [6.07, 6.45) is -1.66. The maximum Gasteiger partial charge on any atom is 0.415 e. The number of hydrogen-bond acceptors (Lipinski definition) is 8. The minimum absolute atomic E-state index is 0.172. The van der Waals surface area contributed by atoms with Gasteiger partial charge in [-0.25, -0.2) is 9.59 Å². The van der Waals surface area contributed by atoms with Crippen molar-refractivity contribution in [1.82, 2.24) is 10.6 Å². The van der Waals surface area contributed by atoms with Gasteiger partial charge in [-0.1, -0.05) is 0 Å². The van der Waals surface area contributed by atoms with Crippen molar-refractivity contribution in [2.45, 2.75) is 26.1 Å². The van der Waals surface area contributed by atoms with E-state index in [9.17, 15) is 19.2 Å². The molecular weight excluding hydrogens is 456 g/mol. The second-order valence-electron chi connectivity index (χ2n) is 7.38. The normalized spacial score (nSPS) is 20.3. The fourth-order valence-corrected chi connectivity index (χ4v) is 5.44. The topological polar surface area (TPSA) is 117 Å². The highest BCUT2D eigenvalue weighted by Crippen LogP contribution is 2.41. The van der Waals surface area contributed by atoms with Gasteiger partial charge < -0.3 is 20.1 Å². The average Bonchev–Trinajstić information content (AvgIpc) is 3.50. The smallest absolute Gasteiger partial charge is 0.415 e. The molecule has 2 aliphatic heterocycles. The first-order chi connectivity index (χ1) is 15.3. The van der Waals surface area contributed by atoms with E-state index < -0.39 is 24.4 Å². The van der Waals surface area contributed by atoms with Crippen molar-refractivity contribution < 1.29 is 28.7 Å². The molecule has 0 saturated carbocycles. The highest BCUT2D eigenvalue weighted by atomic mass is 32.1. The largest absolute Gasteiger partial charge is 0.442 e. The molecule has 2 aromatic rings. The lowest BCUT2D eigenvalue weighted by molar-refractivity contribution is -0.120. The van der Waals surface area contributed by atoms with Gasteiger partial charge in [0, 0.05) is 23.6 Å². The number of nitrogens with one attached hydrogen (secondary N) is 2. The predicted octanol–water partition coefficient (Wildman–Crippen LogP) is 2.40.